The van der Waals surface area contributed by atoms with Gasteiger partial charge in [-0.25, -0.2) is 22.8 Å². The van der Waals surface area contributed by atoms with Crippen LogP contribution < -0.4 is 15.1 Å². The number of benzene rings is 3. The molecule has 6 rings (SSSR count). The van der Waals surface area contributed by atoms with Crippen molar-refractivity contribution in [1.29, 1.82) is 0 Å². The molecule has 49 heavy (non-hydrogen) atoms. The number of amides is 1. The fourth-order valence-electron chi connectivity index (χ4n) is 6.19. The molecule has 0 bridgehead atoms. The Hall–Kier alpha value is -4.27. The molecule has 1 N–H and O–H groups in total. The molecular formula is C34H33ClF4N6O3S. The van der Waals surface area contributed by atoms with Crippen molar-refractivity contribution in [3.63, 3.8) is 0 Å². The van der Waals surface area contributed by atoms with Crippen LogP contribution in [-0.4, -0.2) is 67.4 Å². The molecule has 258 valence electrons. The molecule has 2 aliphatic rings. The van der Waals surface area contributed by atoms with E-state index >= 15 is 0 Å². The van der Waals surface area contributed by atoms with E-state index in [4.69, 9.17) is 11.6 Å². The SMILES string of the molecule is Cc1cccc(Cl)c1S(=O)(=O)N1CCCC1C(=O)NCc1cc(-c2ccc(C(F)(F)F)cc2)nc(N2CCN(c3ccccc3F)CC2)n1. The van der Waals surface area contributed by atoms with Crippen LogP contribution in [0, 0.1) is 12.7 Å². The fourth-order valence-corrected chi connectivity index (χ4v) is 8.64. The Labute approximate surface area is 286 Å². The molecule has 2 aliphatic heterocycles. The van der Waals surface area contributed by atoms with Crippen molar-refractivity contribution in [3.8, 4) is 11.3 Å². The Morgan fingerprint density at radius 1 is 0.939 bits per heavy atom. The third kappa shape index (κ3) is 7.36. The molecule has 1 atom stereocenters. The number of sulfonamides is 1. The van der Waals surface area contributed by atoms with Crippen LogP contribution in [0.2, 0.25) is 5.02 Å². The first-order valence-electron chi connectivity index (χ1n) is 15.7. The zero-order chi connectivity index (χ0) is 34.9. The summed E-state index contributed by atoms with van der Waals surface area (Å²) in [5, 5.41) is 2.88. The van der Waals surface area contributed by atoms with Crippen LogP contribution in [0.5, 0.6) is 0 Å². The second kappa shape index (κ2) is 13.9. The molecule has 3 aromatic carbocycles. The topological polar surface area (TPSA) is 98.7 Å². The predicted octanol–water partition coefficient (Wildman–Crippen LogP) is 6.06. The van der Waals surface area contributed by atoms with Crippen LogP contribution in [0.4, 0.5) is 29.2 Å². The fraction of sp³-hybridized carbons (Fsp3) is 0.324. The van der Waals surface area contributed by atoms with Crippen LogP contribution >= 0.6 is 11.6 Å². The van der Waals surface area contributed by atoms with Crippen molar-refractivity contribution in [2.45, 2.75) is 43.4 Å². The summed E-state index contributed by atoms with van der Waals surface area (Å²) in [5.41, 5.74) is 1.29. The number of aryl methyl sites for hydroxylation is 1. The molecule has 15 heteroatoms. The first-order chi connectivity index (χ1) is 23.3. The maximum atomic E-state index is 14.4. The number of alkyl halides is 3. The van der Waals surface area contributed by atoms with Gasteiger partial charge in [-0.15, -0.1) is 0 Å². The normalized spacial score (nSPS) is 17.4. The number of nitrogens with one attached hydrogen (secondary N) is 1. The van der Waals surface area contributed by atoms with Gasteiger partial charge in [0.15, 0.2) is 0 Å². The molecule has 1 amide bonds. The van der Waals surface area contributed by atoms with Crippen molar-refractivity contribution >= 4 is 39.2 Å². The number of para-hydroxylation sites is 1. The van der Waals surface area contributed by atoms with Gasteiger partial charge in [-0.05, 0) is 61.7 Å². The summed E-state index contributed by atoms with van der Waals surface area (Å²) in [6.07, 6.45) is -3.71. The summed E-state index contributed by atoms with van der Waals surface area (Å²) in [6.45, 7) is 3.52. The van der Waals surface area contributed by atoms with E-state index in [1.807, 2.05) is 9.80 Å². The largest absolute Gasteiger partial charge is 0.416 e. The number of hydrogen-bond acceptors (Lipinski definition) is 7. The lowest BCUT2D eigenvalue weighted by Crippen LogP contribution is -2.47. The number of aromatic nitrogens is 2. The summed E-state index contributed by atoms with van der Waals surface area (Å²) in [7, 11) is -4.08. The molecule has 2 fully saturated rings. The minimum atomic E-state index is -4.51. The summed E-state index contributed by atoms with van der Waals surface area (Å²) in [6, 6.07) is 16.5. The highest BCUT2D eigenvalue weighted by Gasteiger charge is 2.41. The highest BCUT2D eigenvalue weighted by molar-refractivity contribution is 7.89. The molecule has 0 spiro atoms. The lowest BCUT2D eigenvalue weighted by atomic mass is 10.1. The standard InChI is InChI=1S/C34H33ClF4N6O3S/c1-22-6-4-7-26(35)31(22)49(47,48)45-15-5-10-30(45)32(46)40-21-25-20-28(23-11-13-24(14-12-23)34(37,38)39)42-33(41-25)44-18-16-43(17-19-44)29-9-3-2-8-27(29)36/h2-4,6-9,11-14,20,30H,5,10,15-19,21H2,1H3,(H,40,46). The van der Waals surface area contributed by atoms with E-state index < -0.39 is 33.7 Å². The molecule has 1 aromatic heterocycles. The first kappa shape index (κ1) is 34.6. The number of halogens is 5. The van der Waals surface area contributed by atoms with Crippen LogP contribution in [0.1, 0.15) is 29.7 Å². The number of carbonyl (C=O) groups is 1. The number of anilines is 2. The van der Waals surface area contributed by atoms with Gasteiger partial charge in [0, 0.05) is 38.3 Å². The zero-order valence-electron chi connectivity index (χ0n) is 26.4. The predicted molar refractivity (Wildman–Crippen MR) is 178 cm³/mol. The number of rotatable bonds is 8. The molecule has 1 unspecified atom stereocenters. The molecular weight excluding hydrogens is 684 g/mol. The van der Waals surface area contributed by atoms with Crippen molar-refractivity contribution in [2.24, 2.45) is 0 Å². The number of hydrogen-bond donors (Lipinski definition) is 1. The van der Waals surface area contributed by atoms with Crippen LogP contribution in [0.25, 0.3) is 11.3 Å². The monoisotopic (exact) mass is 716 g/mol. The number of nitrogens with zero attached hydrogens (tertiary/aromatic N) is 5. The second-order valence-corrected chi connectivity index (χ2v) is 14.2. The molecule has 0 saturated carbocycles. The van der Waals surface area contributed by atoms with E-state index in [0.29, 0.717) is 73.2 Å². The maximum absolute atomic E-state index is 14.4. The first-order valence-corrected chi connectivity index (χ1v) is 17.5. The van der Waals surface area contributed by atoms with Gasteiger partial charge >= 0.3 is 6.18 Å². The lowest BCUT2D eigenvalue weighted by molar-refractivity contribution is -0.137. The molecule has 2 saturated heterocycles. The smallest absolute Gasteiger partial charge is 0.366 e. The van der Waals surface area contributed by atoms with E-state index in [1.54, 1.807) is 43.3 Å². The molecule has 9 nitrogen and oxygen atoms in total. The van der Waals surface area contributed by atoms with Crippen LogP contribution in [0.15, 0.2) is 77.7 Å². The maximum Gasteiger partial charge on any atom is 0.416 e. The Bertz CT molecular complexity index is 1930. The Morgan fingerprint density at radius 2 is 1.63 bits per heavy atom. The van der Waals surface area contributed by atoms with Gasteiger partial charge in [0.1, 0.15) is 16.8 Å². The van der Waals surface area contributed by atoms with Crippen molar-refractivity contribution in [1.82, 2.24) is 19.6 Å². The van der Waals surface area contributed by atoms with Gasteiger partial charge in [0.25, 0.3) is 0 Å². The van der Waals surface area contributed by atoms with Gasteiger partial charge in [-0.1, -0.05) is 48.0 Å². The van der Waals surface area contributed by atoms with E-state index in [1.165, 1.54) is 28.6 Å². The van der Waals surface area contributed by atoms with Gasteiger partial charge in [0.05, 0.1) is 34.2 Å². The average Bonchev–Trinajstić information content (AvgIpc) is 3.59. The summed E-state index contributed by atoms with van der Waals surface area (Å²) in [5.74, 6) is -0.542. The highest BCUT2D eigenvalue weighted by Crippen LogP contribution is 2.33. The third-order valence-corrected chi connectivity index (χ3v) is 11.3. The van der Waals surface area contributed by atoms with Gasteiger partial charge in [0.2, 0.25) is 21.9 Å². The van der Waals surface area contributed by atoms with E-state index in [0.717, 1.165) is 12.1 Å². The minimum Gasteiger partial charge on any atom is -0.366 e. The molecule has 0 radical (unpaired) electrons. The Morgan fingerprint density at radius 3 is 2.31 bits per heavy atom. The molecule has 0 aliphatic carbocycles. The Kier molecular flexibility index (Phi) is 9.83. The second-order valence-electron chi connectivity index (χ2n) is 11.9. The summed E-state index contributed by atoms with van der Waals surface area (Å²) >= 11 is 6.28. The molecule has 3 heterocycles. The molecule has 4 aromatic rings. The number of carbonyl (C=O) groups excluding carboxylic acids is 1. The van der Waals surface area contributed by atoms with Gasteiger partial charge in [-0.2, -0.15) is 17.5 Å². The van der Waals surface area contributed by atoms with Crippen LogP contribution in [0.3, 0.4) is 0 Å². The number of piperazine rings is 1. The quantitative estimate of drug-likeness (QED) is 0.222. The van der Waals surface area contributed by atoms with Crippen LogP contribution in [-0.2, 0) is 27.5 Å². The zero-order valence-corrected chi connectivity index (χ0v) is 28.0. The Balaban J connectivity index is 1.24. The van der Waals surface area contributed by atoms with Crippen molar-refractivity contribution in [3.05, 3.63) is 100 Å². The van der Waals surface area contributed by atoms with E-state index in [-0.39, 0.29) is 28.8 Å². The highest BCUT2D eigenvalue weighted by atomic mass is 35.5. The van der Waals surface area contributed by atoms with E-state index in [9.17, 15) is 30.8 Å². The lowest BCUT2D eigenvalue weighted by Gasteiger charge is -2.36. The minimum absolute atomic E-state index is 0.0342. The van der Waals surface area contributed by atoms with E-state index in [2.05, 4.69) is 15.3 Å². The summed E-state index contributed by atoms with van der Waals surface area (Å²) in [4.78, 5) is 26.6. The average molecular weight is 717 g/mol. The van der Waals surface area contributed by atoms with Crippen molar-refractivity contribution in [2.75, 3.05) is 42.5 Å². The third-order valence-electron chi connectivity index (χ3n) is 8.71. The van der Waals surface area contributed by atoms with Gasteiger partial charge < -0.3 is 15.1 Å². The van der Waals surface area contributed by atoms with Crippen molar-refractivity contribution < 1.29 is 30.8 Å². The summed E-state index contributed by atoms with van der Waals surface area (Å²) < 4.78 is 82.7. The van der Waals surface area contributed by atoms with Gasteiger partial charge in [-0.3, -0.25) is 4.79 Å².